The summed E-state index contributed by atoms with van der Waals surface area (Å²) in [5.74, 6) is 0.594. The Hall–Kier alpha value is -1.28. The summed E-state index contributed by atoms with van der Waals surface area (Å²) in [6.07, 6.45) is 3.28. The van der Waals surface area contributed by atoms with Crippen LogP contribution in [0, 0.1) is 0 Å². The first-order chi connectivity index (χ1) is 8.58. The molecule has 18 heavy (non-hydrogen) atoms. The molecule has 2 aromatic rings. The maximum Gasteiger partial charge on any atom is 0.0482 e. The second-order valence-corrected chi connectivity index (χ2v) is 5.92. The van der Waals surface area contributed by atoms with Crippen LogP contribution in [0.25, 0.3) is 10.9 Å². The van der Waals surface area contributed by atoms with E-state index in [-0.39, 0.29) is 0 Å². The zero-order chi connectivity index (χ0) is 12.9. The highest BCUT2D eigenvalue weighted by atomic mass is 15.0. The Balaban J connectivity index is 2.24. The SMILES string of the molecule is CC(C)c1ccc2c(c1)c1c(n2C)CC(N)CC1. The van der Waals surface area contributed by atoms with Crippen molar-refractivity contribution in [3.05, 3.63) is 35.0 Å². The van der Waals surface area contributed by atoms with Crippen molar-refractivity contribution < 1.29 is 0 Å². The number of benzene rings is 1. The molecule has 1 unspecified atom stereocenters. The van der Waals surface area contributed by atoms with Gasteiger partial charge in [0.2, 0.25) is 0 Å². The molecule has 96 valence electrons. The molecule has 0 aliphatic heterocycles. The molecule has 1 aromatic heterocycles. The topological polar surface area (TPSA) is 30.9 Å². The first-order valence-electron chi connectivity index (χ1n) is 6.93. The number of aryl methyl sites for hydroxylation is 2. The highest BCUT2D eigenvalue weighted by molar-refractivity contribution is 5.86. The minimum Gasteiger partial charge on any atom is -0.347 e. The molecule has 1 aromatic carbocycles. The molecule has 1 atom stereocenters. The summed E-state index contributed by atoms with van der Waals surface area (Å²) in [5, 5.41) is 1.45. The first kappa shape index (κ1) is 11.8. The number of hydrogen-bond donors (Lipinski definition) is 1. The van der Waals surface area contributed by atoms with E-state index in [4.69, 9.17) is 5.73 Å². The van der Waals surface area contributed by atoms with Crippen molar-refractivity contribution in [3.63, 3.8) is 0 Å². The van der Waals surface area contributed by atoms with Crippen LogP contribution in [0.1, 0.15) is 43.0 Å². The zero-order valence-electron chi connectivity index (χ0n) is 11.5. The molecule has 0 saturated heterocycles. The molecule has 2 nitrogen and oxygen atoms in total. The van der Waals surface area contributed by atoms with Gasteiger partial charge in [0.25, 0.3) is 0 Å². The lowest BCUT2D eigenvalue weighted by atomic mass is 9.91. The van der Waals surface area contributed by atoms with Crippen molar-refractivity contribution >= 4 is 10.9 Å². The van der Waals surface area contributed by atoms with E-state index in [9.17, 15) is 0 Å². The Bertz CT molecular complexity index is 593. The molecule has 0 saturated carbocycles. The quantitative estimate of drug-likeness (QED) is 0.818. The molecule has 0 bridgehead atoms. The van der Waals surface area contributed by atoms with Crippen LogP contribution in [0.3, 0.4) is 0 Å². The van der Waals surface area contributed by atoms with E-state index in [2.05, 4.69) is 43.7 Å². The molecule has 0 amide bonds. The van der Waals surface area contributed by atoms with Gasteiger partial charge >= 0.3 is 0 Å². The van der Waals surface area contributed by atoms with Crippen LogP contribution in [0.2, 0.25) is 0 Å². The molecule has 1 aliphatic rings. The van der Waals surface area contributed by atoms with Gasteiger partial charge in [0.15, 0.2) is 0 Å². The predicted molar refractivity (Wildman–Crippen MR) is 77.0 cm³/mol. The number of nitrogens with two attached hydrogens (primary N) is 1. The Labute approximate surface area is 109 Å². The van der Waals surface area contributed by atoms with Gasteiger partial charge in [-0.3, -0.25) is 0 Å². The van der Waals surface area contributed by atoms with Crippen LogP contribution < -0.4 is 5.73 Å². The number of rotatable bonds is 1. The fraction of sp³-hybridized carbons (Fsp3) is 0.500. The summed E-state index contributed by atoms with van der Waals surface area (Å²) in [6, 6.07) is 7.26. The monoisotopic (exact) mass is 242 g/mol. The van der Waals surface area contributed by atoms with Crippen molar-refractivity contribution in [2.75, 3.05) is 0 Å². The van der Waals surface area contributed by atoms with Gasteiger partial charge in [-0.2, -0.15) is 0 Å². The van der Waals surface area contributed by atoms with Gasteiger partial charge in [-0.1, -0.05) is 19.9 Å². The average molecular weight is 242 g/mol. The molecular formula is C16H22N2. The van der Waals surface area contributed by atoms with E-state index in [1.165, 1.54) is 27.7 Å². The van der Waals surface area contributed by atoms with Crippen molar-refractivity contribution in [1.82, 2.24) is 4.57 Å². The van der Waals surface area contributed by atoms with E-state index >= 15 is 0 Å². The highest BCUT2D eigenvalue weighted by Gasteiger charge is 2.22. The Morgan fingerprint density at radius 2 is 2.11 bits per heavy atom. The molecule has 3 rings (SSSR count). The summed E-state index contributed by atoms with van der Waals surface area (Å²) in [5.41, 5.74) is 11.9. The van der Waals surface area contributed by atoms with Gasteiger partial charge in [-0.15, -0.1) is 0 Å². The van der Waals surface area contributed by atoms with Crippen molar-refractivity contribution in [1.29, 1.82) is 0 Å². The largest absolute Gasteiger partial charge is 0.347 e. The minimum absolute atomic E-state index is 0.338. The lowest BCUT2D eigenvalue weighted by molar-refractivity contribution is 0.558. The van der Waals surface area contributed by atoms with Gasteiger partial charge < -0.3 is 10.3 Å². The molecule has 1 heterocycles. The number of nitrogens with zero attached hydrogens (tertiary/aromatic N) is 1. The second-order valence-electron chi connectivity index (χ2n) is 5.92. The third-order valence-corrected chi connectivity index (χ3v) is 4.35. The third kappa shape index (κ3) is 1.67. The minimum atomic E-state index is 0.338. The van der Waals surface area contributed by atoms with E-state index in [0.29, 0.717) is 12.0 Å². The van der Waals surface area contributed by atoms with E-state index in [0.717, 1.165) is 19.3 Å². The molecule has 2 N–H and O–H groups in total. The predicted octanol–water partition coefficient (Wildman–Crippen LogP) is 3.12. The summed E-state index contributed by atoms with van der Waals surface area (Å²) in [6.45, 7) is 4.51. The zero-order valence-corrected chi connectivity index (χ0v) is 11.5. The molecule has 2 heteroatoms. The Morgan fingerprint density at radius 1 is 1.33 bits per heavy atom. The number of aromatic nitrogens is 1. The van der Waals surface area contributed by atoms with Crippen LogP contribution in [0.5, 0.6) is 0 Å². The van der Waals surface area contributed by atoms with Crippen molar-refractivity contribution in [2.24, 2.45) is 12.8 Å². The number of hydrogen-bond acceptors (Lipinski definition) is 1. The standard InChI is InChI=1S/C16H22N2/c1-10(2)11-4-7-15-14(8-11)13-6-5-12(17)9-16(13)18(15)3/h4,7-8,10,12H,5-6,9,17H2,1-3H3. The highest BCUT2D eigenvalue weighted by Crippen LogP contribution is 2.32. The summed E-state index contributed by atoms with van der Waals surface area (Å²) in [4.78, 5) is 0. The van der Waals surface area contributed by atoms with Gasteiger partial charge in [-0.25, -0.2) is 0 Å². The molecule has 0 spiro atoms. The van der Waals surface area contributed by atoms with Crippen LogP contribution in [-0.2, 0) is 19.9 Å². The maximum atomic E-state index is 6.11. The summed E-state index contributed by atoms with van der Waals surface area (Å²) >= 11 is 0. The van der Waals surface area contributed by atoms with Crippen LogP contribution >= 0.6 is 0 Å². The van der Waals surface area contributed by atoms with Crippen LogP contribution in [0.15, 0.2) is 18.2 Å². The molecule has 0 radical (unpaired) electrons. The van der Waals surface area contributed by atoms with E-state index < -0.39 is 0 Å². The van der Waals surface area contributed by atoms with E-state index in [1.807, 2.05) is 0 Å². The first-order valence-corrected chi connectivity index (χ1v) is 6.93. The molecular weight excluding hydrogens is 220 g/mol. The third-order valence-electron chi connectivity index (χ3n) is 4.35. The Morgan fingerprint density at radius 3 is 2.83 bits per heavy atom. The van der Waals surface area contributed by atoms with Crippen LogP contribution in [0.4, 0.5) is 0 Å². The maximum absolute atomic E-state index is 6.11. The molecule has 0 fully saturated rings. The normalized spacial score (nSPS) is 19.5. The lowest BCUT2D eigenvalue weighted by Crippen LogP contribution is -2.28. The number of fused-ring (bicyclic) bond motifs is 3. The molecule has 1 aliphatic carbocycles. The van der Waals surface area contributed by atoms with E-state index in [1.54, 1.807) is 0 Å². The smallest absolute Gasteiger partial charge is 0.0482 e. The van der Waals surface area contributed by atoms with Gasteiger partial charge in [0.1, 0.15) is 0 Å². The van der Waals surface area contributed by atoms with Crippen molar-refractivity contribution in [2.45, 2.75) is 45.1 Å². The average Bonchev–Trinajstić information content (AvgIpc) is 2.62. The summed E-state index contributed by atoms with van der Waals surface area (Å²) in [7, 11) is 2.17. The van der Waals surface area contributed by atoms with Crippen LogP contribution in [-0.4, -0.2) is 10.6 Å². The fourth-order valence-corrected chi connectivity index (χ4v) is 3.17. The van der Waals surface area contributed by atoms with Gasteiger partial charge in [0.05, 0.1) is 0 Å². The fourth-order valence-electron chi connectivity index (χ4n) is 3.17. The lowest BCUT2D eigenvalue weighted by Gasteiger charge is -2.19. The van der Waals surface area contributed by atoms with Gasteiger partial charge in [-0.05, 0) is 42.0 Å². The second kappa shape index (κ2) is 4.13. The Kier molecular flexibility index (Phi) is 2.70. The van der Waals surface area contributed by atoms with Crippen molar-refractivity contribution in [3.8, 4) is 0 Å². The van der Waals surface area contributed by atoms with Gasteiger partial charge in [0, 0.05) is 36.1 Å². The summed E-state index contributed by atoms with van der Waals surface area (Å²) < 4.78 is 2.34.